The number of carbonyl (C=O) groups excluding carboxylic acids is 1. The summed E-state index contributed by atoms with van der Waals surface area (Å²) in [5.74, 6) is -0.311. The van der Waals surface area contributed by atoms with Gasteiger partial charge in [-0.15, -0.1) is 0 Å². The van der Waals surface area contributed by atoms with Gasteiger partial charge in [-0.3, -0.25) is 14.4 Å². The van der Waals surface area contributed by atoms with Crippen molar-refractivity contribution < 1.29 is 18.0 Å². The monoisotopic (exact) mass is 382 g/mol. The first-order valence-corrected chi connectivity index (χ1v) is 8.74. The number of hydrogen-bond donors (Lipinski definition) is 1. The van der Waals surface area contributed by atoms with Gasteiger partial charge in [0.2, 0.25) is 5.91 Å². The second-order valence-corrected chi connectivity index (χ2v) is 6.67. The molecule has 0 atom stereocenters. The van der Waals surface area contributed by atoms with Crippen LogP contribution in [0.25, 0.3) is 0 Å². The summed E-state index contributed by atoms with van der Waals surface area (Å²) in [6.07, 6.45) is -5.15. The maximum Gasteiger partial charge on any atom is 0.390 e. The second-order valence-electron chi connectivity index (χ2n) is 6.67. The number of nitrogens with zero attached hydrogens (tertiary/aromatic N) is 3. The van der Waals surface area contributed by atoms with E-state index in [1.165, 1.54) is 11.9 Å². The molecular weight excluding hydrogens is 357 g/mol. The quantitative estimate of drug-likeness (QED) is 0.764. The maximum atomic E-state index is 12.2. The van der Waals surface area contributed by atoms with Crippen molar-refractivity contribution in [2.75, 3.05) is 20.1 Å². The number of amides is 1. The van der Waals surface area contributed by atoms with Gasteiger partial charge in [0.25, 0.3) is 0 Å². The van der Waals surface area contributed by atoms with Crippen LogP contribution >= 0.6 is 0 Å². The van der Waals surface area contributed by atoms with Gasteiger partial charge >= 0.3 is 6.18 Å². The van der Waals surface area contributed by atoms with Crippen molar-refractivity contribution in [2.45, 2.75) is 39.5 Å². The van der Waals surface area contributed by atoms with Crippen LogP contribution in [0.4, 0.5) is 13.2 Å². The molecule has 0 saturated heterocycles. The lowest BCUT2D eigenvalue weighted by molar-refractivity contribution is -0.139. The molecule has 0 radical (unpaired) electrons. The van der Waals surface area contributed by atoms with Gasteiger partial charge in [-0.25, -0.2) is 0 Å². The molecule has 1 N–H and O–H groups in total. The zero-order chi connectivity index (χ0) is 20.0. The average Bonchev–Trinajstić information content (AvgIpc) is 2.85. The summed E-state index contributed by atoms with van der Waals surface area (Å²) in [5, 5.41) is 7.30. The Hall–Kier alpha value is -2.35. The summed E-state index contributed by atoms with van der Waals surface area (Å²) in [7, 11) is 1.50. The molecule has 8 heteroatoms. The van der Waals surface area contributed by atoms with E-state index < -0.39 is 12.6 Å². The number of benzene rings is 1. The van der Waals surface area contributed by atoms with Crippen molar-refractivity contribution in [2.24, 2.45) is 0 Å². The van der Waals surface area contributed by atoms with Crippen molar-refractivity contribution in [3.8, 4) is 0 Å². The molecule has 0 bridgehead atoms. The van der Waals surface area contributed by atoms with E-state index in [1.54, 1.807) is 0 Å². The van der Waals surface area contributed by atoms with Gasteiger partial charge in [0.1, 0.15) is 0 Å². The van der Waals surface area contributed by atoms with E-state index in [2.05, 4.69) is 10.4 Å². The fourth-order valence-corrected chi connectivity index (χ4v) is 2.78. The second kappa shape index (κ2) is 9.03. The Balaban J connectivity index is 1.89. The van der Waals surface area contributed by atoms with Gasteiger partial charge in [0.15, 0.2) is 0 Å². The first kappa shape index (κ1) is 21.0. The van der Waals surface area contributed by atoms with Crippen molar-refractivity contribution in [3.05, 3.63) is 52.8 Å². The lowest BCUT2D eigenvalue weighted by Crippen LogP contribution is -2.36. The molecule has 0 aliphatic rings. The Labute approximate surface area is 157 Å². The average molecular weight is 382 g/mol. The molecule has 0 aliphatic heterocycles. The SMILES string of the molecule is Cc1nn(Cc2ccccc2)c(C)c1CNC(=O)CN(C)CCC(F)(F)F. The minimum absolute atomic E-state index is 0.0771. The van der Waals surface area contributed by atoms with Crippen molar-refractivity contribution in [3.63, 3.8) is 0 Å². The van der Waals surface area contributed by atoms with Gasteiger partial charge in [0, 0.05) is 24.3 Å². The van der Waals surface area contributed by atoms with Gasteiger partial charge in [-0.2, -0.15) is 18.3 Å². The van der Waals surface area contributed by atoms with Crippen molar-refractivity contribution >= 4 is 5.91 Å². The predicted molar refractivity (Wildman–Crippen MR) is 97.3 cm³/mol. The third-order valence-electron chi connectivity index (χ3n) is 4.36. The number of rotatable bonds is 8. The van der Waals surface area contributed by atoms with Gasteiger partial charge in [-0.05, 0) is 26.5 Å². The highest BCUT2D eigenvalue weighted by atomic mass is 19.4. The van der Waals surface area contributed by atoms with E-state index in [4.69, 9.17) is 0 Å². The molecule has 2 rings (SSSR count). The lowest BCUT2D eigenvalue weighted by atomic mass is 10.2. The summed E-state index contributed by atoms with van der Waals surface area (Å²) in [4.78, 5) is 13.4. The Morgan fingerprint density at radius 2 is 1.89 bits per heavy atom. The highest BCUT2D eigenvalue weighted by Gasteiger charge is 2.27. The first-order chi connectivity index (χ1) is 12.7. The molecule has 1 aromatic heterocycles. The number of nitrogens with one attached hydrogen (secondary N) is 1. The van der Waals surface area contributed by atoms with E-state index >= 15 is 0 Å². The maximum absolute atomic E-state index is 12.2. The fraction of sp³-hybridized carbons (Fsp3) is 0.474. The molecule has 0 spiro atoms. The highest BCUT2D eigenvalue weighted by Crippen LogP contribution is 2.19. The molecule has 0 fully saturated rings. The van der Waals surface area contributed by atoms with Crippen LogP contribution < -0.4 is 5.32 Å². The minimum atomic E-state index is -4.22. The standard InChI is InChI=1S/C19H25F3N4O/c1-14-17(11-23-18(27)13-25(3)10-9-19(20,21)22)15(2)26(24-14)12-16-7-5-4-6-8-16/h4-8H,9-13H2,1-3H3,(H,23,27). The summed E-state index contributed by atoms with van der Waals surface area (Å²) in [6.45, 7) is 4.49. The zero-order valence-corrected chi connectivity index (χ0v) is 15.8. The summed E-state index contributed by atoms with van der Waals surface area (Å²) < 4.78 is 38.6. The number of alkyl halides is 3. The summed E-state index contributed by atoms with van der Waals surface area (Å²) in [5.41, 5.74) is 3.85. The largest absolute Gasteiger partial charge is 0.390 e. The van der Waals surface area contributed by atoms with Crippen LogP contribution in [0.5, 0.6) is 0 Å². The molecule has 1 heterocycles. The van der Waals surface area contributed by atoms with Crippen LogP contribution in [-0.2, 0) is 17.9 Å². The molecule has 1 aromatic carbocycles. The molecule has 5 nitrogen and oxygen atoms in total. The Kier molecular flexibility index (Phi) is 7.01. The molecule has 148 valence electrons. The van der Waals surface area contributed by atoms with E-state index in [9.17, 15) is 18.0 Å². The molecule has 27 heavy (non-hydrogen) atoms. The summed E-state index contributed by atoms with van der Waals surface area (Å²) in [6, 6.07) is 9.94. The van der Waals surface area contributed by atoms with Crippen LogP contribution in [0.15, 0.2) is 30.3 Å². The number of halogens is 3. The van der Waals surface area contributed by atoms with E-state index in [0.29, 0.717) is 13.1 Å². The molecule has 2 aromatic rings. The lowest BCUT2D eigenvalue weighted by Gasteiger charge is -2.17. The fourth-order valence-electron chi connectivity index (χ4n) is 2.78. The highest BCUT2D eigenvalue weighted by molar-refractivity contribution is 5.78. The summed E-state index contributed by atoms with van der Waals surface area (Å²) >= 11 is 0. The smallest absolute Gasteiger partial charge is 0.351 e. The first-order valence-electron chi connectivity index (χ1n) is 8.74. The van der Waals surface area contributed by atoms with Gasteiger partial charge in [-0.1, -0.05) is 30.3 Å². The Morgan fingerprint density at radius 3 is 2.52 bits per heavy atom. The molecule has 0 aliphatic carbocycles. The van der Waals surface area contributed by atoms with E-state index in [0.717, 1.165) is 22.5 Å². The van der Waals surface area contributed by atoms with E-state index in [1.807, 2.05) is 48.9 Å². The number of likely N-dealkylation sites (N-methyl/N-ethyl adjacent to an activating group) is 1. The minimum Gasteiger partial charge on any atom is -0.351 e. The van der Waals surface area contributed by atoms with Crippen LogP contribution in [0.3, 0.4) is 0 Å². The Morgan fingerprint density at radius 1 is 1.22 bits per heavy atom. The molecule has 1 amide bonds. The van der Waals surface area contributed by atoms with Crippen molar-refractivity contribution in [1.29, 1.82) is 0 Å². The molecule has 0 saturated carbocycles. The van der Waals surface area contributed by atoms with Crippen LogP contribution in [0, 0.1) is 13.8 Å². The molecule has 0 unspecified atom stereocenters. The third-order valence-corrected chi connectivity index (χ3v) is 4.36. The normalized spacial score (nSPS) is 11.8. The van der Waals surface area contributed by atoms with Crippen LogP contribution in [0.1, 0.15) is 28.9 Å². The van der Waals surface area contributed by atoms with Crippen LogP contribution in [-0.4, -0.2) is 46.9 Å². The topological polar surface area (TPSA) is 50.2 Å². The number of aryl methyl sites for hydroxylation is 1. The predicted octanol–water partition coefficient (Wildman–Crippen LogP) is 3.05. The van der Waals surface area contributed by atoms with Gasteiger partial charge < -0.3 is 5.32 Å². The third kappa shape index (κ3) is 6.71. The van der Waals surface area contributed by atoms with Crippen molar-refractivity contribution in [1.82, 2.24) is 20.0 Å². The van der Waals surface area contributed by atoms with Gasteiger partial charge in [0.05, 0.1) is 25.2 Å². The Bertz CT molecular complexity index is 756. The van der Waals surface area contributed by atoms with Crippen LogP contribution in [0.2, 0.25) is 0 Å². The number of aromatic nitrogens is 2. The molecular formula is C19H25F3N4O. The van der Waals surface area contributed by atoms with E-state index in [-0.39, 0.29) is 19.0 Å². The number of hydrogen-bond acceptors (Lipinski definition) is 3. The zero-order valence-electron chi connectivity index (χ0n) is 15.8. The number of carbonyl (C=O) groups is 1.